The van der Waals surface area contributed by atoms with Gasteiger partial charge in [0.25, 0.3) is 0 Å². The van der Waals surface area contributed by atoms with Gasteiger partial charge in [-0.25, -0.2) is 9.82 Å². The quantitative estimate of drug-likeness (QED) is 0.659. The maximum Gasteiger partial charge on any atom is 0.126 e. The van der Waals surface area contributed by atoms with Crippen LogP contribution in [0, 0.1) is 12.7 Å². The number of nitrogens with two attached hydrogens (primary N) is 1. The van der Waals surface area contributed by atoms with Gasteiger partial charge in [-0.15, -0.1) is 0 Å². The van der Waals surface area contributed by atoms with Crippen molar-refractivity contribution >= 4 is 11.6 Å². The van der Waals surface area contributed by atoms with E-state index in [9.17, 15) is 4.39 Å². The van der Waals surface area contributed by atoms with Crippen LogP contribution in [0.4, 0.5) is 4.39 Å². The van der Waals surface area contributed by atoms with Crippen LogP contribution in [0.2, 0.25) is 5.02 Å². The lowest BCUT2D eigenvalue weighted by molar-refractivity contribution is 0.608. The number of aryl methyl sites for hydroxylation is 1. The van der Waals surface area contributed by atoms with Crippen molar-refractivity contribution in [3.63, 3.8) is 0 Å². The number of rotatable bonds is 3. The largest absolute Gasteiger partial charge is 0.271 e. The van der Waals surface area contributed by atoms with Crippen molar-refractivity contribution in [3.05, 3.63) is 70.0 Å². The van der Waals surface area contributed by atoms with Crippen molar-refractivity contribution in [2.24, 2.45) is 5.84 Å². The summed E-state index contributed by atoms with van der Waals surface area (Å²) in [5, 5.41) is 0.645. The Labute approximate surface area is 111 Å². The molecule has 1 atom stereocenters. The maximum absolute atomic E-state index is 13.3. The van der Waals surface area contributed by atoms with E-state index in [0.29, 0.717) is 10.6 Å². The van der Waals surface area contributed by atoms with E-state index in [4.69, 9.17) is 17.4 Å². The molecule has 0 aliphatic heterocycles. The molecule has 0 amide bonds. The second-order valence-electron chi connectivity index (χ2n) is 4.16. The second-order valence-corrected chi connectivity index (χ2v) is 4.60. The molecule has 0 radical (unpaired) electrons. The Hall–Kier alpha value is -1.42. The molecule has 0 bridgehead atoms. The van der Waals surface area contributed by atoms with E-state index in [1.807, 2.05) is 18.2 Å². The zero-order valence-corrected chi connectivity index (χ0v) is 10.7. The third-order valence-corrected chi connectivity index (χ3v) is 3.10. The van der Waals surface area contributed by atoms with Gasteiger partial charge in [0.15, 0.2) is 0 Å². The molecule has 0 fully saturated rings. The average Bonchev–Trinajstić information content (AvgIpc) is 2.35. The van der Waals surface area contributed by atoms with Crippen molar-refractivity contribution < 1.29 is 4.39 Å². The van der Waals surface area contributed by atoms with Gasteiger partial charge >= 0.3 is 0 Å². The molecule has 1 unspecified atom stereocenters. The molecule has 0 aliphatic carbocycles. The lowest BCUT2D eigenvalue weighted by Crippen LogP contribution is -2.28. The Balaban J connectivity index is 2.42. The molecule has 2 nitrogen and oxygen atoms in total. The molecule has 0 heterocycles. The second kappa shape index (κ2) is 5.48. The first-order valence-corrected chi connectivity index (χ1v) is 5.97. The molecule has 4 heteroatoms. The van der Waals surface area contributed by atoms with Crippen LogP contribution in [0.5, 0.6) is 0 Å². The van der Waals surface area contributed by atoms with E-state index in [-0.39, 0.29) is 11.9 Å². The molecule has 0 spiro atoms. The Morgan fingerprint density at radius 3 is 2.50 bits per heavy atom. The van der Waals surface area contributed by atoms with Crippen molar-refractivity contribution in [1.82, 2.24) is 5.43 Å². The summed E-state index contributed by atoms with van der Waals surface area (Å²) in [6, 6.07) is 12.2. The fourth-order valence-corrected chi connectivity index (χ4v) is 2.12. The molecule has 0 aromatic heterocycles. The first-order valence-electron chi connectivity index (χ1n) is 5.59. The van der Waals surface area contributed by atoms with E-state index >= 15 is 0 Å². The summed E-state index contributed by atoms with van der Waals surface area (Å²) >= 11 is 5.96. The predicted octanol–water partition coefficient (Wildman–Crippen LogP) is 3.34. The first kappa shape index (κ1) is 13.0. The van der Waals surface area contributed by atoms with Crippen LogP contribution in [-0.4, -0.2) is 0 Å². The van der Waals surface area contributed by atoms with E-state index in [1.54, 1.807) is 25.1 Å². The van der Waals surface area contributed by atoms with Crippen molar-refractivity contribution in [2.45, 2.75) is 13.0 Å². The molecule has 2 aromatic rings. The van der Waals surface area contributed by atoms with Gasteiger partial charge in [-0.1, -0.05) is 35.9 Å². The highest BCUT2D eigenvalue weighted by molar-refractivity contribution is 6.30. The summed E-state index contributed by atoms with van der Waals surface area (Å²) in [7, 11) is 0. The molecule has 2 aromatic carbocycles. The van der Waals surface area contributed by atoms with Crippen molar-refractivity contribution in [1.29, 1.82) is 0 Å². The van der Waals surface area contributed by atoms with Crippen LogP contribution >= 0.6 is 11.6 Å². The minimum Gasteiger partial charge on any atom is -0.271 e. The van der Waals surface area contributed by atoms with Crippen molar-refractivity contribution in [2.75, 3.05) is 0 Å². The fourth-order valence-electron chi connectivity index (χ4n) is 1.92. The van der Waals surface area contributed by atoms with Gasteiger partial charge in [-0.3, -0.25) is 5.84 Å². The SMILES string of the molecule is Cc1cc(C(NN)c2cccc(Cl)c2)ccc1F. The zero-order valence-electron chi connectivity index (χ0n) is 9.95. The molecule has 2 rings (SSSR count). The summed E-state index contributed by atoms with van der Waals surface area (Å²) in [5.74, 6) is 5.37. The van der Waals surface area contributed by atoms with Gasteiger partial charge in [-0.2, -0.15) is 0 Å². The molecule has 94 valence electrons. The van der Waals surface area contributed by atoms with E-state index in [2.05, 4.69) is 5.43 Å². The van der Waals surface area contributed by atoms with Gasteiger partial charge in [0.1, 0.15) is 5.82 Å². The molecule has 0 aliphatic rings. The number of hydrogen-bond acceptors (Lipinski definition) is 2. The average molecular weight is 265 g/mol. The van der Waals surface area contributed by atoms with Gasteiger partial charge in [0, 0.05) is 5.02 Å². The number of benzene rings is 2. The summed E-state index contributed by atoms with van der Waals surface area (Å²) in [6.45, 7) is 1.73. The van der Waals surface area contributed by atoms with Crippen LogP contribution in [0.25, 0.3) is 0 Å². The van der Waals surface area contributed by atoms with E-state index in [0.717, 1.165) is 11.1 Å². The lowest BCUT2D eigenvalue weighted by Gasteiger charge is -2.17. The fraction of sp³-hybridized carbons (Fsp3) is 0.143. The Morgan fingerprint density at radius 1 is 1.17 bits per heavy atom. The summed E-state index contributed by atoms with van der Waals surface area (Å²) < 4.78 is 13.3. The predicted molar refractivity (Wildman–Crippen MR) is 71.8 cm³/mol. The molecule has 18 heavy (non-hydrogen) atoms. The monoisotopic (exact) mass is 264 g/mol. The summed E-state index contributed by atoms with van der Waals surface area (Å²) in [4.78, 5) is 0. The number of nitrogens with one attached hydrogen (secondary N) is 1. The van der Waals surface area contributed by atoms with E-state index in [1.165, 1.54) is 6.07 Å². The highest BCUT2D eigenvalue weighted by Crippen LogP contribution is 2.25. The van der Waals surface area contributed by atoms with Gasteiger partial charge in [0.05, 0.1) is 6.04 Å². The first-order chi connectivity index (χ1) is 8.61. The van der Waals surface area contributed by atoms with E-state index < -0.39 is 0 Å². The van der Waals surface area contributed by atoms with Crippen LogP contribution in [0.15, 0.2) is 42.5 Å². The van der Waals surface area contributed by atoms with Crippen molar-refractivity contribution in [3.8, 4) is 0 Å². The lowest BCUT2D eigenvalue weighted by atomic mass is 9.98. The van der Waals surface area contributed by atoms with Crippen LogP contribution in [0.3, 0.4) is 0 Å². The minimum absolute atomic E-state index is 0.206. The Bertz CT molecular complexity index is 557. The summed E-state index contributed by atoms with van der Waals surface area (Å²) in [5.41, 5.74) is 5.16. The third-order valence-electron chi connectivity index (χ3n) is 2.86. The normalized spacial score (nSPS) is 12.4. The maximum atomic E-state index is 13.3. The van der Waals surface area contributed by atoms with Crippen LogP contribution in [-0.2, 0) is 0 Å². The molecule has 3 N–H and O–H groups in total. The standard InChI is InChI=1S/C14H14ClFN2/c1-9-7-11(5-6-13(9)16)14(18-17)10-3-2-4-12(15)8-10/h2-8,14,18H,17H2,1H3. The molecule has 0 saturated heterocycles. The number of hydrazine groups is 1. The highest BCUT2D eigenvalue weighted by atomic mass is 35.5. The molecular formula is C14H14ClFN2. The molecule has 0 saturated carbocycles. The Morgan fingerprint density at radius 2 is 1.89 bits per heavy atom. The third kappa shape index (κ3) is 2.70. The zero-order chi connectivity index (χ0) is 13.1. The number of hydrogen-bond donors (Lipinski definition) is 2. The topological polar surface area (TPSA) is 38.0 Å². The highest BCUT2D eigenvalue weighted by Gasteiger charge is 2.13. The molecular weight excluding hydrogens is 251 g/mol. The van der Waals surface area contributed by atoms with Crippen LogP contribution in [0.1, 0.15) is 22.7 Å². The van der Waals surface area contributed by atoms with Gasteiger partial charge in [0.2, 0.25) is 0 Å². The van der Waals surface area contributed by atoms with Crippen LogP contribution < -0.4 is 11.3 Å². The summed E-state index contributed by atoms with van der Waals surface area (Å²) in [6.07, 6.45) is 0. The minimum atomic E-state index is -0.222. The smallest absolute Gasteiger partial charge is 0.126 e. The Kier molecular flexibility index (Phi) is 3.97. The van der Waals surface area contributed by atoms with Gasteiger partial charge in [-0.05, 0) is 41.8 Å². The number of halogens is 2. The van der Waals surface area contributed by atoms with Gasteiger partial charge < -0.3 is 0 Å².